The summed E-state index contributed by atoms with van der Waals surface area (Å²) >= 11 is 1.55. The molecule has 4 rings (SSSR count). The number of rotatable bonds is 3. The van der Waals surface area contributed by atoms with Gasteiger partial charge < -0.3 is 9.88 Å². The van der Waals surface area contributed by atoms with Gasteiger partial charge in [0, 0.05) is 31.3 Å². The lowest BCUT2D eigenvalue weighted by Crippen LogP contribution is -2.40. The van der Waals surface area contributed by atoms with Gasteiger partial charge in [0.1, 0.15) is 11.5 Å². The number of nitrogens with one attached hydrogen (secondary N) is 2. The van der Waals surface area contributed by atoms with Crippen molar-refractivity contribution in [2.45, 2.75) is 18.8 Å². The lowest BCUT2D eigenvalue weighted by Gasteiger charge is -2.32. The molecule has 3 aromatic heterocycles. The number of carbonyl (C=O) groups is 1. The van der Waals surface area contributed by atoms with E-state index < -0.39 is 0 Å². The van der Waals surface area contributed by atoms with Gasteiger partial charge in [-0.2, -0.15) is 5.10 Å². The summed E-state index contributed by atoms with van der Waals surface area (Å²) in [5, 5.41) is 8.51. The third-order valence-electron chi connectivity index (χ3n) is 4.36. The number of aromatic amines is 2. The predicted molar refractivity (Wildman–Crippen MR) is 94.6 cm³/mol. The average Bonchev–Trinajstić information content (AvgIpc) is 3.34. The molecule has 1 aliphatic heterocycles. The molecule has 25 heavy (non-hydrogen) atoms. The maximum Gasteiger partial charge on any atom is 0.271 e. The second kappa shape index (κ2) is 6.64. The molecule has 4 heterocycles. The second-order valence-electron chi connectivity index (χ2n) is 6.05. The Hall–Kier alpha value is -2.74. The number of carbonyl (C=O) groups excluding carboxylic acids is 1. The molecule has 1 saturated heterocycles. The maximum absolute atomic E-state index is 12.5. The SMILES string of the molecule is O=C(c1ccn[nH]1)N1CCC[C@H](c2nc(-c3cccs3)cc(=O)[nH]2)C1. The van der Waals surface area contributed by atoms with E-state index in [1.165, 1.54) is 6.07 Å². The molecule has 0 aliphatic carbocycles. The number of nitrogens with zero attached hydrogens (tertiary/aromatic N) is 3. The smallest absolute Gasteiger partial charge is 0.271 e. The van der Waals surface area contributed by atoms with E-state index in [2.05, 4.69) is 20.2 Å². The zero-order valence-corrected chi connectivity index (χ0v) is 14.3. The summed E-state index contributed by atoms with van der Waals surface area (Å²) in [5.74, 6) is 0.602. The fourth-order valence-corrected chi connectivity index (χ4v) is 3.84. The molecule has 0 aromatic carbocycles. The molecule has 3 aromatic rings. The monoisotopic (exact) mass is 355 g/mol. The van der Waals surface area contributed by atoms with Crippen LogP contribution in [0.5, 0.6) is 0 Å². The molecule has 7 nitrogen and oxygen atoms in total. The van der Waals surface area contributed by atoms with Gasteiger partial charge in [-0.05, 0) is 30.4 Å². The fraction of sp³-hybridized carbons (Fsp3) is 0.294. The number of aromatic nitrogens is 4. The zero-order valence-electron chi connectivity index (χ0n) is 13.4. The van der Waals surface area contributed by atoms with Gasteiger partial charge in [0.15, 0.2) is 0 Å². The van der Waals surface area contributed by atoms with E-state index in [0.717, 1.165) is 17.7 Å². The molecule has 0 radical (unpaired) electrons. The molecular formula is C17H17N5O2S. The highest BCUT2D eigenvalue weighted by atomic mass is 32.1. The van der Waals surface area contributed by atoms with Crippen LogP contribution in [0.15, 0.2) is 40.6 Å². The predicted octanol–water partition coefficient (Wildman–Crippen LogP) is 2.24. The quantitative estimate of drug-likeness (QED) is 0.753. The zero-order chi connectivity index (χ0) is 17.2. The van der Waals surface area contributed by atoms with Gasteiger partial charge in [0.05, 0.1) is 10.6 Å². The third kappa shape index (κ3) is 3.25. The van der Waals surface area contributed by atoms with Gasteiger partial charge in [-0.1, -0.05) is 6.07 Å². The van der Waals surface area contributed by atoms with Gasteiger partial charge in [-0.3, -0.25) is 14.7 Å². The number of hydrogen-bond donors (Lipinski definition) is 2. The lowest BCUT2D eigenvalue weighted by molar-refractivity contribution is 0.0698. The van der Waals surface area contributed by atoms with Crippen LogP contribution in [0.1, 0.15) is 35.1 Å². The second-order valence-corrected chi connectivity index (χ2v) is 7.00. The van der Waals surface area contributed by atoms with E-state index in [-0.39, 0.29) is 17.4 Å². The van der Waals surface area contributed by atoms with Crippen LogP contribution in [0.3, 0.4) is 0 Å². The van der Waals surface area contributed by atoms with Crippen LogP contribution in [0.2, 0.25) is 0 Å². The van der Waals surface area contributed by atoms with Gasteiger partial charge >= 0.3 is 0 Å². The van der Waals surface area contributed by atoms with Crippen molar-refractivity contribution in [1.82, 2.24) is 25.1 Å². The Kier molecular flexibility index (Phi) is 4.19. The van der Waals surface area contributed by atoms with E-state index in [0.29, 0.717) is 30.3 Å². The van der Waals surface area contributed by atoms with E-state index in [1.807, 2.05) is 17.5 Å². The van der Waals surface area contributed by atoms with Crippen molar-refractivity contribution in [2.75, 3.05) is 13.1 Å². The first kappa shape index (κ1) is 15.8. The topological polar surface area (TPSA) is 94.7 Å². The van der Waals surface area contributed by atoms with Gasteiger partial charge in [0.2, 0.25) is 0 Å². The highest BCUT2D eigenvalue weighted by Gasteiger charge is 2.27. The minimum atomic E-state index is -0.162. The van der Waals surface area contributed by atoms with Crippen LogP contribution in [0.25, 0.3) is 10.6 Å². The molecular weight excluding hydrogens is 338 g/mol. The average molecular weight is 355 g/mol. The summed E-state index contributed by atoms with van der Waals surface area (Å²) in [5.41, 5.74) is 1.01. The number of thiophene rings is 1. The molecule has 8 heteroatoms. The molecule has 128 valence electrons. The van der Waals surface area contributed by atoms with Crippen molar-refractivity contribution < 1.29 is 4.79 Å². The Balaban J connectivity index is 1.59. The summed E-state index contributed by atoms with van der Waals surface area (Å²) in [6.45, 7) is 1.23. The minimum absolute atomic E-state index is 0.0215. The lowest BCUT2D eigenvalue weighted by atomic mass is 9.96. The molecule has 0 saturated carbocycles. The first-order valence-corrected chi connectivity index (χ1v) is 9.02. The first-order chi connectivity index (χ1) is 12.2. The third-order valence-corrected chi connectivity index (χ3v) is 5.25. The summed E-state index contributed by atoms with van der Waals surface area (Å²) in [7, 11) is 0. The molecule has 0 unspecified atom stereocenters. The van der Waals surface area contributed by atoms with Gasteiger partial charge in [-0.15, -0.1) is 11.3 Å². The number of piperidine rings is 1. The number of amides is 1. The van der Waals surface area contributed by atoms with Crippen molar-refractivity contribution >= 4 is 17.2 Å². The van der Waals surface area contributed by atoms with Crippen molar-refractivity contribution in [3.63, 3.8) is 0 Å². The van der Waals surface area contributed by atoms with Crippen molar-refractivity contribution in [1.29, 1.82) is 0 Å². The van der Waals surface area contributed by atoms with Crippen molar-refractivity contribution in [2.24, 2.45) is 0 Å². The maximum atomic E-state index is 12.5. The van der Waals surface area contributed by atoms with Crippen LogP contribution in [0.4, 0.5) is 0 Å². The first-order valence-electron chi connectivity index (χ1n) is 8.14. The Labute approximate surface area is 147 Å². The molecule has 2 N–H and O–H groups in total. The largest absolute Gasteiger partial charge is 0.337 e. The molecule has 1 atom stereocenters. The number of hydrogen-bond acceptors (Lipinski definition) is 5. The van der Waals surface area contributed by atoms with Gasteiger partial charge in [0.25, 0.3) is 11.5 Å². The van der Waals surface area contributed by atoms with Crippen LogP contribution in [-0.4, -0.2) is 44.1 Å². The summed E-state index contributed by atoms with van der Waals surface area (Å²) in [6, 6.07) is 7.08. The van der Waals surface area contributed by atoms with Crippen LogP contribution >= 0.6 is 11.3 Å². The molecule has 0 spiro atoms. The Morgan fingerprint density at radius 1 is 1.36 bits per heavy atom. The molecule has 1 aliphatic rings. The summed E-state index contributed by atoms with van der Waals surface area (Å²) in [4.78, 5) is 34.9. The van der Waals surface area contributed by atoms with Gasteiger partial charge in [-0.25, -0.2) is 4.98 Å². The Morgan fingerprint density at radius 2 is 2.28 bits per heavy atom. The van der Waals surface area contributed by atoms with Crippen LogP contribution < -0.4 is 5.56 Å². The normalized spacial score (nSPS) is 17.6. The Morgan fingerprint density at radius 3 is 3.04 bits per heavy atom. The van der Waals surface area contributed by atoms with Crippen molar-refractivity contribution in [3.05, 3.63) is 57.7 Å². The van der Waals surface area contributed by atoms with E-state index in [9.17, 15) is 9.59 Å². The standard InChI is InChI=1S/C17H17N5O2S/c23-15-9-13(14-4-2-8-25-14)19-16(20-15)11-3-1-7-22(10-11)17(24)12-5-6-18-21-12/h2,4-6,8-9,11H,1,3,7,10H2,(H,18,21)(H,19,20,23)/t11-/m0/s1. The van der Waals surface area contributed by atoms with E-state index in [1.54, 1.807) is 28.5 Å². The van der Waals surface area contributed by atoms with E-state index >= 15 is 0 Å². The summed E-state index contributed by atoms with van der Waals surface area (Å²) in [6.07, 6.45) is 3.33. The number of H-pyrrole nitrogens is 2. The highest BCUT2D eigenvalue weighted by Crippen LogP contribution is 2.27. The number of likely N-dealkylation sites (tertiary alicyclic amines) is 1. The van der Waals surface area contributed by atoms with Crippen molar-refractivity contribution in [3.8, 4) is 10.6 Å². The molecule has 1 fully saturated rings. The summed E-state index contributed by atoms with van der Waals surface area (Å²) < 4.78 is 0. The Bertz CT molecular complexity index is 917. The van der Waals surface area contributed by atoms with Crippen LogP contribution in [0, 0.1) is 0 Å². The molecule has 1 amide bonds. The fourth-order valence-electron chi connectivity index (χ4n) is 3.15. The molecule has 0 bridgehead atoms. The highest BCUT2D eigenvalue weighted by molar-refractivity contribution is 7.13. The minimum Gasteiger partial charge on any atom is -0.337 e. The van der Waals surface area contributed by atoms with Crippen LogP contribution in [-0.2, 0) is 0 Å². The van der Waals surface area contributed by atoms with E-state index in [4.69, 9.17) is 0 Å².